The maximum Gasteiger partial charge on any atom is 0.0938 e. The van der Waals surface area contributed by atoms with Crippen molar-refractivity contribution in [1.82, 2.24) is 5.32 Å². The zero-order valence-electron chi connectivity index (χ0n) is 4.31. The van der Waals surface area contributed by atoms with Gasteiger partial charge in [0.25, 0.3) is 0 Å². The minimum atomic E-state index is 0.667. The molecule has 2 atom stereocenters. The number of nitrogens with zero attached hydrogens (tertiary/aromatic N) is 1. The van der Waals surface area contributed by atoms with Crippen LogP contribution in [-0.4, -0.2) is 17.9 Å². The normalized spacial score (nSPS) is 44.4. The third-order valence-electron chi connectivity index (χ3n) is 1.51. The molecule has 0 aromatic rings. The van der Waals surface area contributed by atoms with E-state index in [-0.39, 0.29) is 0 Å². The third-order valence-corrected chi connectivity index (χ3v) is 1.51. The molecule has 1 aliphatic carbocycles. The van der Waals surface area contributed by atoms with Gasteiger partial charge < -0.3 is 5.32 Å². The van der Waals surface area contributed by atoms with E-state index in [2.05, 4.69) is 10.3 Å². The van der Waals surface area contributed by atoms with Gasteiger partial charge in [-0.25, -0.2) is 0 Å². The van der Waals surface area contributed by atoms with Gasteiger partial charge in [-0.05, 0) is 13.3 Å². The van der Waals surface area contributed by atoms with E-state index in [1.807, 2.05) is 6.92 Å². The zero-order chi connectivity index (χ0) is 4.85. The molecular weight excluding hydrogens is 88.1 g/mol. The van der Waals surface area contributed by atoms with Crippen LogP contribution in [0.5, 0.6) is 0 Å². The molecule has 1 aliphatic heterocycles. The van der Waals surface area contributed by atoms with Crippen molar-refractivity contribution in [3.63, 3.8) is 0 Å². The first-order chi connectivity index (χ1) is 3.36. The van der Waals surface area contributed by atoms with Crippen LogP contribution in [0.1, 0.15) is 13.3 Å². The van der Waals surface area contributed by atoms with Crippen molar-refractivity contribution < 1.29 is 0 Å². The first-order valence-electron chi connectivity index (χ1n) is 2.67. The maximum atomic E-state index is 4.27. The fourth-order valence-corrected chi connectivity index (χ4v) is 1.03. The molecule has 38 valence electrons. The Morgan fingerprint density at radius 1 is 1.86 bits per heavy atom. The van der Waals surface area contributed by atoms with E-state index in [9.17, 15) is 0 Å². The molecule has 2 rings (SSSR count). The van der Waals surface area contributed by atoms with E-state index < -0.39 is 0 Å². The molecule has 0 saturated heterocycles. The Kier molecular flexibility index (Phi) is 0.412. The molecule has 2 heteroatoms. The van der Waals surface area contributed by atoms with Crippen molar-refractivity contribution in [2.45, 2.75) is 25.4 Å². The summed E-state index contributed by atoms with van der Waals surface area (Å²) in [7, 11) is 0. The highest BCUT2D eigenvalue weighted by Gasteiger charge is 2.41. The average molecular weight is 96.1 g/mol. The van der Waals surface area contributed by atoms with Crippen molar-refractivity contribution >= 4 is 5.84 Å². The monoisotopic (exact) mass is 96.1 g/mol. The molecule has 7 heavy (non-hydrogen) atoms. The average Bonchev–Trinajstić information content (AvgIpc) is 2.15. The molecular formula is C5H8N2. The zero-order valence-corrected chi connectivity index (χ0v) is 4.31. The van der Waals surface area contributed by atoms with Gasteiger partial charge in [-0.3, -0.25) is 4.99 Å². The summed E-state index contributed by atoms with van der Waals surface area (Å²) >= 11 is 0. The summed E-state index contributed by atoms with van der Waals surface area (Å²) in [6, 6.07) is 1.40. The lowest BCUT2D eigenvalue weighted by Gasteiger charge is -1.91. The second-order valence-electron chi connectivity index (χ2n) is 2.27. The fourth-order valence-electron chi connectivity index (χ4n) is 1.03. The van der Waals surface area contributed by atoms with Gasteiger partial charge in [0, 0.05) is 0 Å². The number of aliphatic imine (C=N–C) groups is 1. The Labute approximate surface area is 42.6 Å². The summed E-state index contributed by atoms with van der Waals surface area (Å²) in [6.07, 6.45) is 1.28. The quantitative estimate of drug-likeness (QED) is 0.456. The van der Waals surface area contributed by atoms with Gasteiger partial charge >= 0.3 is 0 Å². The van der Waals surface area contributed by atoms with Crippen LogP contribution in [0, 0.1) is 0 Å². The Morgan fingerprint density at radius 2 is 2.71 bits per heavy atom. The molecule has 1 saturated carbocycles. The van der Waals surface area contributed by atoms with E-state index in [0.29, 0.717) is 6.04 Å². The Balaban J connectivity index is 2.22. The first kappa shape index (κ1) is 3.47. The van der Waals surface area contributed by atoms with Crippen LogP contribution in [0.25, 0.3) is 0 Å². The molecule has 2 aliphatic rings. The molecule has 1 heterocycles. The third kappa shape index (κ3) is 0.363. The number of fused-ring (bicyclic) bond motifs is 1. The van der Waals surface area contributed by atoms with Gasteiger partial charge in [-0.2, -0.15) is 0 Å². The molecule has 1 unspecified atom stereocenters. The van der Waals surface area contributed by atoms with Gasteiger partial charge in [-0.15, -0.1) is 0 Å². The number of nitrogens with one attached hydrogen (secondary N) is 1. The molecule has 1 N–H and O–H groups in total. The predicted molar refractivity (Wildman–Crippen MR) is 28.4 cm³/mol. The molecule has 0 spiro atoms. The highest BCUT2D eigenvalue weighted by molar-refractivity contribution is 5.83. The smallest absolute Gasteiger partial charge is 0.0938 e. The SMILES string of the molecule is CC1=N[C@H]2CC2N1. The van der Waals surface area contributed by atoms with E-state index in [4.69, 9.17) is 0 Å². The predicted octanol–water partition coefficient (Wildman–Crippen LogP) is 0.149. The lowest BCUT2D eigenvalue weighted by Crippen LogP contribution is -2.18. The van der Waals surface area contributed by atoms with Crippen LogP contribution in [0.15, 0.2) is 4.99 Å². The van der Waals surface area contributed by atoms with Crippen LogP contribution in [-0.2, 0) is 0 Å². The molecule has 0 radical (unpaired) electrons. The van der Waals surface area contributed by atoms with Crippen LogP contribution in [0.2, 0.25) is 0 Å². The molecule has 0 aromatic carbocycles. The summed E-state index contributed by atoms with van der Waals surface area (Å²) in [5.74, 6) is 1.13. The number of rotatable bonds is 0. The molecule has 2 nitrogen and oxygen atoms in total. The topological polar surface area (TPSA) is 24.4 Å². The van der Waals surface area contributed by atoms with Gasteiger partial charge in [0.1, 0.15) is 0 Å². The molecule has 0 amide bonds. The minimum Gasteiger partial charge on any atom is -0.369 e. The molecule has 0 bridgehead atoms. The Morgan fingerprint density at radius 3 is 3.00 bits per heavy atom. The number of hydrogen-bond donors (Lipinski definition) is 1. The van der Waals surface area contributed by atoms with Crippen molar-refractivity contribution in [3.8, 4) is 0 Å². The summed E-state index contributed by atoms with van der Waals surface area (Å²) in [5.41, 5.74) is 0. The van der Waals surface area contributed by atoms with E-state index in [0.717, 1.165) is 11.9 Å². The highest BCUT2D eigenvalue weighted by atomic mass is 15.2. The van der Waals surface area contributed by atoms with Gasteiger partial charge in [-0.1, -0.05) is 0 Å². The van der Waals surface area contributed by atoms with Crippen LogP contribution in [0.3, 0.4) is 0 Å². The summed E-state index contributed by atoms with van der Waals surface area (Å²) in [6.45, 7) is 2.02. The lowest BCUT2D eigenvalue weighted by atomic mass is 10.6. The lowest BCUT2D eigenvalue weighted by molar-refractivity contribution is 0.923. The Hall–Kier alpha value is -0.530. The van der Waals surface area contributed by atoms with Crippen LogP contribution >= 0.6 is 0 Å². The maximum absolute atomic E-state index is 4.27. The van der Waals surface area contributed by atoms with Gasteiger partial charge in [0.05, 0.1) is 17.9 Å². The Bertz CT molecular complexity index is 128. The van der Waals surface area contributed by atoms with Crippen molar-refractivity contribution in [2.75, 3.05) is 0 Å². The van der Waals surface area contributed by atoms with Crippen molar-refractivity contribution in [3.05, 3.63) is 0 Å². The standard InChI is InChI=1S/C5H8N2/c1-3-6-4-2-5(4)7-3/h4-5H,2H2,1H3,(H,6,7)/t4-,5?/m0/s1. The molecule has 1 fully saturated rings. The second kappa shape index (κ2) is 0.831. The van der Waals surface area contributed by atoms with E-state index in [1.165, 1.54) is 6.42 Å². The highest BCUT2D eigenvalue weighted by Crippen LogP contribution is 2.29. The van der Waals surface area contributed by atoms with Gasteiger partial charge in [0.2, 0.25) is 0 Å². The van der Waals surface area contributed by atoms with E-state index in [1.54, 1.807) is 0 Å². The van der Waals surface area contributed by atoms with Crippen molar-refractivity contribution in [1.29, 1.82) is 0 Å². The minimum absolute atomic E-state index is 0.667. The summed E-state index contributed by atoms with van der Waals surface area (Å²) in [4.78, 5) is 4.27. The van der Waals surface area contributed by atoms with Crippen LogP contribution in [0.4, 0.5) is 0 Å². The van der Waals surface area contributed by atoms with E-state index >= 15 is 0 Å². The van der Waals surface area contributed by atoms with Gasteiger partial charge in [0.15, 0.2) is 0 Å². The fraction of sp³-hybridized carbons (Fsp3) is 0.800. The number of amidine groups is 1. The molecule has 0 aromatic heterocycles. The summed E-state index contributed by atoms with van der Waals surface area (Å²) in [5, 5.41) is 3.24. The van der Waals surface area contributed by atoms with Crippen LogP contribution < -0.4 is 5.32 Å². The number of hydrogen-bond acceptors (Lipinski definition) is 2. The van der Waals surface area contributed by atoms with Crippen molar-refractivity contribution in [2.24, 2.45) is 4.99 Å². The second-order valence-corrected chi connectivity index (χ2v) is 2.27. The summed E-state index contributed by atoms with van der Waals surface area (Å²) < 4.78 is 0. The first-order valence-corrected chi connectivity index (χ1v) is 2.67. The largest absolute Gasteiger partial charge is 0.369 e.